The number of carbonyl (C=O) groups is 3. The third-order valence-corrected chi connectivity index (χ3v) is 6.32. The van der Waals surface area contributed by atoms with Gasteiger partial charge in [0, 0.05) is 23.5 Å². The molecule has 190 valence electrons. The Balaban J connectivity index is 0.00000320. The Labute approximate surface area is 221 Å². The van der Waals surface area contributed by atoms with E-state index in [0.29, 0.717) is 35.6 Å². The number of hydrogen-bond acceptors (Lipinski definition) is 5. The molecule has 3 aromatic carbocycles. The van der Waals surface area contributed by atoms with Crippen LogP contribution in [0.5, 0.6) is 0 Å². The van der Waals surface area contributed by atoms with Gasteiger partial charge in [0.2, 0.25) is 5.91 Å². The Morgan fingerprint density at radius 3 is 2.49 bits per heavy atom. The first kappa shape index (κ1) is 25.9. The van der Waals surface area contributed by atoms with Gasteiger partial charge in [-0.3, -0.25) is 9.59 Å². The maximum atomic E-state index is 13.1. The van der Waals surface area contributed by atoms with E-state index in [9.17, 15) is 19.5 Å². The lowest BCUT2D eigenvalue weighted by Gasteiger charge is -2.20. The molecule has 0 unspecified atom stereocenters. The van der Waals surface area contributed by atoms with E-state index in [4.69, 9.17) is 0 Å². The fourth-order valence-corrected chi connectivity index (χ4v) is 4.68. The molecule has 8 nitrogen and oxygen atoms in total. The van der Waals surface area contributed by atoms with E-state index in [1.54, 1.807) is 6.07 Å². The van der Waals surface area contributed by atoms with Gasteiger partial charge in [0.15, 0.2) is 0 Å². The van der Waals surface area contributed by atoms with Crippen LogP contribution in [-0.4, -0.2) is 55.0 Å². The largest absolute Gasteiger partial charge is 0.478 e. The minimum absolute atomic E-state index is 0. The number of carbonyl (C=O) groups excluding carboxylic acids is 2. The van der Waals surface area contributed by atoms with Crippen LogP contribution < -0.4 is 15.5 Å². The second-order valence-corrected chi connectivity index (χ2v) is 9.14. The Morgan fingerprint density at radius 1 is 1.03 bits per heavy atom. The van der Waals surface area contributed by atoms with Crippen molar-refractivity contribution in [1.82, 2.24) is 4.90 Å². The zero-order chi connectivity index (χ0) is 25.4. The summed E-state index contributed by atoms with van der Waals surface area (Å²) in [6.07, 6.45) is 0.753. The van der Waals surface area contributed by atoms with Crippen LogP contribution in [0.3, 0.4) is 0 Å². The zero-order valence-electron chi connectivity index (χ0n) is 20.4. The van der Waals surface area contributed by atoms with Gasteiger partial charge in [0.1, 0.15) is 0 Å². The van der Waals surface area contributed by atoms with Crippen LogP contribution in [0.15, 0.2) is 66.7 Å². The van der Waals surface area contributed by atoms with Crippen LogP contribution in [0, 0.1) is 0 Å². The molecule has 0 radical (unpaired) electrons. The maximum Gasteiger partial charge on any atom is 0.335 e. The Hall–Kier alpha value is -4.14. The summed E-state index contributed by atoms with van der Waals surface area (Å²) in [7, 11) is 3.75. The molecule has 9 heteroatoms. The van der Waals surface area contributed by atoms with Crippen molar-refractivity contribution in [3.05, 3.63) is 89.0 Å². The molecular formula is C28H27ClN4O4. The molecule has 0 saturated carbocycles. The number of nitrogens with one attached hydrogen (secondary N) is 2. The van der Waals surface area contributed by atoms with Crippen LogP contribution in [0.1, 0.15) is 27.0 Å². The molecule has 3 aromatic rings. The van der Waals surface area contributed by atoms with Gasteiger partial charge in [0.05, 0.1) is 29.1 Å². The minimum Gasteiger partial charge on any atom is -0.478 e. The summed E-state index contributed by atoms with van der Waals surface area (Å²) in [6, 6.07) is 20.0. The normalized spacial score (nSPS) is 15.0. The number of anilines is 3. The first-order valence-corrected chi connectivity index (χ1v) is 11.7. The van der Waals surface area contributed by atoms with E-state index in [2.05, 4.69) is 10.6 Å². The van der Waals surface area contributed by atoms with Crippen molar-refractivity contribution in [2.75, 3.05) is 42.7 Å². The summed E-state index contributed by atoms with van der Waals surface area (Å²) in [5, 5.41) is 15.6. The number of likely N-dealkylation sites (N-methyl/N-ethyl adjacent to an activating group) is 1. The standard InChI is InChI=1S/C28H26N4O4.ClH/c1-31(2)16-24(33)32-13-12-18-14-20(9-11-23(18)32)29-26(17-6-4-3-5-7-17)25-21-10-8-19(28(35)36)15-22(21)30-27(25)34;/h3-11,14-15,29H,12-13,16H2,1-2H3,(H,30,34)(H,35,36);1H. The predicted molar refractivity (Wildman–Crippen MR) is 147 cm³/mol. The lowest BCUT2D eigenvalue weighted by atomic mass is 9.99. The molecule has 37 heavy (non-hydrogen) atoms. The van der Waals surface area contributed by atoms with Gasteiger partial charge in [-0.1, -0.05) is 36.4 Å². The smallest absolute Gasteiger partial charge is 0.335 e. The number of halogens is 1. The molecule has 0 saturated heterocycles. The molecule has 3 N–H and O–H groups in total. The highest BCUT2D eigenvalue weighted by molar-refractivity contribution is 6.37. The van der Waals surface area contributed by atoms with Crippen LogP contribution in [0.25, 0.3) is 11.3 Å². The summed E-state index contributed by atoms with van der Waals surface area (Å²) in [4.78, 5) is 40.8. The Kier molecular flexibility index (Phi) is 7.33. The highest BCUT2D eigenvalue weighted by Gasteiger charge is 2.30. The van der Waals surface area contributed by atoms with Crippen molar-refractivity contribution in [3.8, 4) is 0 Å². The predicted octanol–water partition coefficient (Wildman–Crippen LogP) is 4.19. The number of carboxylic acid groups (broad SMARTS) is 1. The number of nitrogens with zero attached hydrogens (tertiary/aromatic N) is 2. The summed E-state index contributed by atoms with van der Waals surface area (Å²) < 4.78 is 0. The number of carboxylic acids is 1. The molecule has 5 rings (SSSR count). The second kappa shape index (κ2) is 10.5. The van der Waals surface area contributed by atoms with E-state index >= 15 is 0 Å². The van der Waals surface area contributed by atoms with Crippen molar-refractivity contribution in [3.63, 3.8) is 0 Å². The van der Waals surface area contributed by atoms with Gasteiger partial charge < -0.3 is 25.5 Å². The molecule has 0 spiro atoms. The van der Waals surface area contributed by atoms with Crippen LogP contribution in [0.4, 0.5) is 17.1 Å². The molecule has 2 aliphatic rings. The van der Waals surface area contributed by atoms with Gasteiger partial charge in [-0.25, -0.2) is 4.79 Å². The van der Waals surface area contributed by atoms with Crippen LogP contribution in [0.2, 0.25) is 0 Å². The first-order valence-electron chi connectivity index (χ1n) is 11.7. The van der Waals surface area contributed by atoms with Gasteiger partial charge in [-0.2, -0.15) is 0 Å². The number of benzene rings is 3. The summed E-state index contributed by atoms with van der Waals surface area (Å²) in [5.41, 5.74) is 5.86. The Bertz CT molecular complexity index is 1420. The molecule has 0 aliphatic carbocycles. The molecule has 2 aliphatic heterocycles. The highest BCUT2D eigenvalue weighted by Crippen LogP contribution is 2.39. The van der Waals surface area contributed by atoms with Crippen molar-refractivity contribution < 1.29 is 19.5 Å². The van der Waals surface area contributed by atoms with Gasteiger partial charge in [0.25, 0.3) is 5.91 Å². The molecule has 0 aromatic heterocycles. The van der Waals surface area contributed by atoms with E-state index in [0.717, 1.165) is 28.9 Å². The average Bonchev–Trinajstić information content (AvgIpc) is 3.42. The third kappa shape index (κ3) is 5.07. The van der Waals surface area contributed by atoms with Gasteiger partial charge in [-0.05, 0) is 62.0 Å². The van der Waals surface area contributed by atoms with Crippen molar-refractivity contribution in [2.24, 2.45) is 0 Å². The number of aromatic carboxylic acids is 1. The van der Waals surface area contributed by atoms with E-state index < -0.39 is 5.97 Å². The summed E-state index contributed by atoms with van der Waals surface area (Å²) in [5.74, 6) is -1.30. The van der Waals surface area contributed by atoms with Crippen molar-refractivity contribution >= 4 is 58.5 Å². The Morgan fingerprint density at radius 2 is 1.78 bits per heavy atom. The van der Waals surface area contributed by atoms with Gasteiger partial charge >= 0.3 is 5.97 Å². The highest BCUT2D eigenvalue weighted by atomic mass is 35.5. The average molecular weight is 519 g/mol. The summed E-state index contributed by atoms with van der Waals surface area (Å²) in [6.45, 7) is 0.988. The number of hydrogen-bond donors (Lipinski definition) is 3. The van der Waals surface area contributed by atoms with Crippen LogP contribution >= 0.6 is 12.4 Å². The van der Waals surface area contributed by atoms with Crippen molar-refractivity contribution in [1.29, 1.82) is 0 Å². The third-order valence-electron chi connectivity index (χ3n) is 6.32. The topological polar surface area (TPSA) is 102 Å². The van der Waals surface area contributed by atoms with Crippen molar-refractivity contribution in [2.45, 2.75) is 6.42 Å². The van der Waals surface area contributed by atoms with E-state index in [1.165, 1.54) is 12.1 Å². The lowest BCUT2D eigenvalue weighted by Crippen LogP contribution is -2.36. The molecule has 2 heterocycles. The number of rotatable bonds is 6. The number of fused-ring (bicyclic) bond motifs is 2. The lowest BCUT2D eigenvalue weighted by molar-refractivity contribution is -0.119. The maximum absolute atomic E-state index is 13.1. The molecule has 0 fully saturated rings. The van der Waals surface area contributed by atoms with E-state index in [1.807, 2.05) is 72.4 Å². The van der Waals surface area contributed by atoms with Gasteiger partial charge in [-0.15, -0.1) is 12.4 Å². The molecule has 0 bridgehead atoms. The molecule has 0 atom stereocenters. The second-order valence-electron chi connectivity index (χ2n) is 9.14. The SMILES string of the molecule is CN(C)CC(=O)N1CCc2cc(NC(=C3C(=O)Nc4cc(C(=O)O)ccc43)c3ccccc3)ccc21.Cl. The minimum atomic E-state index is -1.05. The monoisotopic (exact) mass is 518 g/mol. The number of amides is 2. The fraction of sp³-hybridized carbons (Fsp3) is 0.179. The van der Waals surface area contributed by atoms with E-state index in [-0.39, 0.29) is 29.8 Å². The quantitative estimate of drug-likeness (QED) is 0.423. The zero-order valence-corrected chi connectivity index (χ0v) is 21.3. The summed E-state index contributed by atoms with van der Waals surface area (Å²) >= 11 is 0. The fourth-order valence-electron chi connectivity index (χ4n) is 4.68. The molecule has 2 amide bonds. The molecular weight excluding hydrogens is 492 g/mol. The first-order chi connectivity index (χ1) is 17.3. The van der Waals surface area contributed by atoms with Crippen LogP contribution in [-0.2, 0) is 16.0 Å².